The minimum atomic E-state index is -0.461. The fraction of sp³-hybridized carbons (Fsp3) is 0.100. The highest BCUT2D eigenvalue weighted by Gasteiger charge is 2.18. The highest BCUT2D eigenvalue weighted by Crippen LogP contribution is 2.37. The SMILES string of the molecule is COC(=O)c1sc2cc(NC(=S)Nc3ncn(Cc4cccc(Cl)c4)n3)ccc2c1Cl. The van der Waals surface area contributed by atoms with E-state index in [2.05, 4.69) is 20.7 Å². The van der Waals surface area contributed by atoms with E-state index in [-0.39, 0.29) is 0 Å². The normalized spacial score (nSPS) is 10.8. The predicted molar refractivity (Wildman–Crippen MR) is 129 cm³/mol. The van der Waals surface area contributed by atoms with Crippen LogP contribution in [-0.2, 0) is 11.3 Å². The first-order valence-electron chi connectivity index (χ1n) is 8.95. The van der Waals surface area contributed by atoms with Gasteiger partial charge in [-0.15, -0.1) is 16.4 Å². The van der Waals surface area contributed by atoms with Gasteiger partial charge in [0.2, 0.25) is 5.95 Å². The third-order valence-electron chi connectivity index (χ3n) is 4.25. The van der Waals surface area contributed by atoms with Crippen LogP contribution >= 0.6 is 46.8 Å². The molecular weight excluding hydrogens is 477 g/mol. The molecule has 0 fully saturated rings. The quantitative estimate of drug-likeness (QED) is 0.284. The van der Waals surface area contributed by atoms with Gasteiger partial charge >= 0.3 is 5.97 Å². The Kier molecular flexibility index (Phi) is 6.38. The summed E-state index contributed by atoms with van der Waals surface area (Å²) in [4.78, 5) is 16.4. The number of halogens is 2. The Bertz CT molecular complexity index is 1290. The van der Waals surface area contributed by atoms with Gasteiger partial charge < -0.3 is 10.1 Å². The Morgan fingerprint density at radius 1 is 1.23 bits per heavy atom. The van der Waals surface area contributed by atoms with Crippen LogP contribution in [0.25, 0.3) is 10.1 Å². The van der Waals surface area contributed by atoms with Crippen molar-refractivity contribution in [1.29, 1.82) is 0 Å². The highest BCUT2D eigenvalue weighted by molar-refractivity contribution is 7.80. The lowest BCUT2D eigenvalue weighted by atomic mass is 10.2. The van der Waals surface area contributed by atoms with Crippen molar-refractivity contribution in [1.82, 2.24) is 14.8 Å². The Morgan fingerprint density at radius 2 is 2.06 bits per heavy atom. The third kappa shape index (κ3) is 4.96. The topological polar surface area (TPSA) is 81.1 Å². The van der Waals surface area contributed by atoms with Crippen molar-refractivity contribution in [3.05, 3.63) is 69.3 Å². The van der Waals surface area contributed by atoms with E-state index in [0.29, 0.717) is 32.5 Å². The van der Waals surface area contributed by atoms with E-state index in [1.165, 1.54) is 18.4 Å². The number of nitrogens with one attached hydrogen (secondary N) is 2. The summed E-state index contributed by atoms with van der Waals surface area (Å²) in [5.41, 5.74) is 1.75. The largest absolute Gasteiger partial charge is 0.465 e. The average Bonchev–Trinajstić information content (AvgIpc) is 3.31. The Hall–Kier alpha value is -2.72. The molecule has 31 heavy (non-hydrogen) atoms. The molecule has 158 valence electrons. The molecule has 0 aliphatic carbocycles. The monoisotopic (exact) mass is 491 g/mol. The molecule has 0 atom stereocenters. The minimum Gasteiger partial charge on any atom is -0.465 e. The standard InChI is InChI=1S/C20H15Cl2N5O2S2/c1-29-18(28)17-16(22)14-6-5-13(8-15(14)31-17)24-20(30)25-19-23-10-27(26-19)9-11-3-2-4-12(21)7-11/h2-8,10H,9H2,1H3,(H2,24,25,26,30). The minimum absolute atomic E-state index is 0.329. The lowest BCUT2D eigenvalue weighted by Crippen LogP contribution is -2.20. The van der Waals surface area contributed by atoms with Gasteiger partial charge in [-0.05, 0) is 48.1 Å². The molecule has 0 aliphatic heterocycles. The van der Waals surface area contributed by atoms with Gasteiger partial charge in [0.15, 0.2) is 5.11 Å². The Labute approximate surface area is 196 Å². The number of thiocarbonyl (C=S) groups is 1. The first-order valence-corrected chi connectivity index (χ1v) is 10.9. The number of thiophene rings is 1. The highest BCUT2D eigenvalue weighted by atomic mass is 35.5. The van der Waals surface area contributed by atoms with Crippen LogP contribution < -0.4 is 10.6 Å². The fourth-order valence-corrected chi connectivity index (χ4v) is 4.77. The molecule has 0 saturated carbocycles. The number of methoxy groups -OCH3 is 1. The van der Waals surface area contributed by atoms with Crippen molar-refractivity contribution in [3.8, 4) is 0 Å². The summed E-state index contributed by atoms with van der Waals surface area (Å²) in [7, 11) is 1.32. The van der Waals surface area contributed by atoms with Crippen molar-refractivity contribution in [3.63, 3.8) is 0 Å². The lowest BCUT2D eigenvalue weighted by Gasteiger charge is -2.08. The number of rotatable bonds is 5. The van der Waals surface area contributed by atoms with Gasteiger partial charge in [0.05, 0.1) is 18.7 Å². The number of carbonyl (C=O) groups excluding carboxylic acids is 1. The van der Waals surface area contributed by atoms with Gasteiger partial charge in [-0.25, -0.2) is 14.5 Å². The molecule has 0 spiro atoms. The summed E-state index contributed by atoms with van der Waals surface area (Å²) in [6.07, 6.45) is 1.61. The molecule has 0 amide bonds. The molecule has 4 rings (SSSR count). The van der Waals surface area contributed by atoms with Gasteiger partial charge in [-0.2, -0.15) is 0 Å². The molecule has 2 heterocycles. The summed E-state index contributed by atoms with van der Waals surface area (Å²) in [6.45, 7) is 0.535. The van der Waals surface area contributed by atoms with E-state index >= 15 is 0 Å². The van der Waals surface area contributed by atoms with Crippen molar-refractivity contribution in [2.24, 2.45) is 0 Å². The first-order chi connectivity index (χ1) is 14.9. The van der Waals surface area contributed by atoms with Crippen molar-refractivity contribution >= 4 is 79.6 Å². The van der Waals surface area contributed by atoms with Gasteiger partial charge in [-0.1, -0.05) is 35.3 Å². The number of ether oxygens (including phenoxy) is 1. The van der Waals surface area contributed by atoms with Crippen LogP contribution in [0.4, 0.5) is 11.6 Å². The number of nitrogens with zero attached hydrogens (tertiary/aromatic N) is 3. The van der Waals surface area contributed by atoms with E-state index in [0.717, 1.165) is 21.3 Å². The summed E-state index contributed by atoms with van der Waals surface area (Å²) < 4.78 is 7.29. The summed E-state index contributed by atoms with van der Waals surface area (Å²) in [6, 6.07) is 13.1. The molecule has 2 aromatic carbocycles. The molecule has 0 aliphatic rings. The van der Waals surface area contributed by atoms with Crippen molar-refractivity contribution < 1.29 is 9.53 Å². The zero-order valence-corrected chi connectivity index (χ0v) is 19.2. The van der Waals surface area contributed by atoms with Crippen LogP contribution in [0.5, 0.6) is 0 Å². The number of hydrogen-bond acceptors (Lipinski definition) is 6. The summed E-state index contributed by atoms with van der Waals surface area (Å²) >= 11 is 18.9. The van der Waals surface area contributed by atoms with E-state index in [1.807, 2.05) is 42.5 Å². The van der Waals surface area contributed by atoms with Gasteiger partial charge in [0, 0.05) is 20.8 Å². The molecule has 0 saturated heterocycles. The van der Waals surface area contributed by atoms with E-state index in [9.17, 15) is 4.79 Å². The van der Waals surface area contributed by atoms with Gasteiger partial charge in [0.25, 0.3) is 0 Å². The fourth-order valence-electron chi connectivity index (χ4n) is 2.88. The smallest absolute Gasteiger partial charge is 0.349 e. The Morgan fingerprint density at radius 3 is 2.84 bits per heavy atom. The average molecular weight is 492 g/mol. The molecule has 0 bridgehead atoms. The van der Waals surface area contributed by atoms with Crippen molar-refractivity contribution in [2.45, 2.75) is 6.54 Å². The van der Waals surface area contributed by atoms with Gasteiger partial charge in [-0.3, -0.25) is 5.32 Å². The zero-order valence-electron chi connectivity index (χ0n) is 16.1. The van der Waals surface area contributed by atoms with Crippen LogP contribution in [0.3, 0.4) is 0 Å². The maximum atomic E-state index is 11.8. The zero-order chi connectivity index (χ0) is 22.0. The van der Waals surface area contributed by atoms with Gasteiger partial charge in [0.1, 0.15) is 11.2 Å². The summed E-state index contributed by atoms with van der Waals surface area (Å²) in [5, 5.41) is 12.6. The molecule has 4 aromatic rings. The molecule has 0 unspecified atom stereocenters. The number of hydrogen-bond donors (Lipinski definition) is 2. The van der Waals surface area contributed by atoms with Crippen LogP contribution in [-0.4, -0.2) is 33.0 Å². The third-order valence-corrected chi connectivity index (χ3v) is 6.33. The number of fused-ring (bicyclic) bond motifs is 1. The van der Waals surface area contributed by atoms with Crippen molar-refractivity contribution in [2.75, 3.05) is 17.7 Å². The predicted octanol–water partition coefficient (Wildman–Crippen LogP) is 5.44. The number of anilines is 2. The Balaban J connectivity index is 1.42. The second-order valence-corrected chi connectivity index (χ2v) is 8.70. The van der Waals surface area contributed by atoms with E-state index in [1.54, 1.807) is 11.0 Å². The molecule has 7 nitrogen and oxygen atoms in total. The molecule has 2 N–H and O–H groups in total. The molecular formula is C20H15Cl2N5O2S2. The van der Waals surface area contributed by atoms with E-state index in [4.69, 9.17) is 40.2 Å². The number of esters is 1. The van der Waals surface area contributed by atoms with E-state index < -0.39 is 5.97 Å². The number of carbonyl (C=O) groups is 1. The van der Waals surface area contributed by atoms with Crippen LogP contribution in [0.15, 0.2) is 48.8 Å². The van der Waals surface area contributed by atoms with Crippen LogP contribution in [0, 0.1) is 0 Å². The van der Waals surface area contributed by atoms with Crippen LogP contribution in [0.1, 0.15) is 15.2 Å². The summed E-state index contributed by atoms with van der Waals surface area (Å²) in [5.74, 6) is -0.0925. The maximum absolute atomic E-state index is 11.8. The number of aromatic nitrogens is 3. The lowest BCUT2D eigenvalue weighted by molar-refractivity contribution is 0.0606. The second-order valence-electron chi connectivity index (χ2n) is 6.42. The molecule has 2 aromatic heterocycles. The maximum Gasteiger partial charge on any atom is 0.349 e. The number of benzene rings is 2. The van der Waals surface area contributed by atoms with Crippen LogP contribution in [0.2, 0.25) is 10.0 Å². The first kappa shape index (κ1) is 21.5. The second kappa shape index (κ2) is 9.19. The molecule has 0 radical (unpaired) electrons. The molecule has 11 heteroatoms.